The first kappa shape index (κ1) is 12.4. The van der Waals surface area contributed by atoms with Crippen LogP contribution in [0, 0.1) is 11.3 Å². The Morgan fingerprint density at radius 3 is 2.56 bits per heavy atom. The van der Waals surface area contributed by atoms with Gasteiger partial charge in [0.1, 0.15) is 11.8 Å². The minimum Gasteiger partial charge on any atom is -0.475 e. The second kappa shape index (κ2) is 5.07. The van der Waals surface area contributed by atoms with E-state index in [0.29, 0.717) is 0 Å². The lowest BCUT2D eigenvalue weighted by molar-refractivity contribution is 0.276. The molecule has 2 aromatic rings. The van der Waals surface area contributed by atoms with Gasteiger partial charge in [-0.25, -0.2) is 0 Å². The molecule has 0 aliphatic carbocycles. The number of benzene rings is 2. The fourth-order valence-corrected chi connectivity index (χ4v) is 1.95. The largest absolute Gasteiger partial charge is 0.475 e. The van der Waals surface area contributed by atoms with Crippen LogP contribution in [0.1, 0.15) is 25.5 Å². The van der Waals surface area contributed by atoms with Gasteiger partial charge in [0.2, 0.25) is 0 Å². The third kappa shape index (κ3) is 2.29. The number of hydrogen-bond donors (Lipinski definition) is 1. The maximum Gasteiger partial charge on any atom is 0.181 e. The van der Waals surface area contributed by atoms with Crippen LogP contribution in [0.5, 0.6) is 5.75 Å². The highest BCUT2D eigenvalue weighted by Crippen LogP contribution is 2.33. The topological polar surface area (TPSA) is 59.0 Å². The second-order valence-corrected chi connectivity index (χ2v) is 4.38. The molecule has 0 saturated heterocycles. The van der Waals surface area contributed by atoms with Gasteiger partial charge in [-0.15, -0.1) is 0 Å². The average Bonchev–Trinajstić information content (AvgIpc) is 2.38. The van der Waals surface area contributed by atoms with Crippen molar-refractivity contribution < 1.29 is 4.74 Å². The second-order valence-electron chi connectivity index (χ2n) is 4.38. The van der Waals surface area contributed by atoms with Gasteiger partial charge in [-0.1, -0.05) is 36.4 Å². The Bertz CT molecular complexity index is 599. The van der Waals surface area contributed by atoms with Crippen molar-refractivity contribution in [2.45, 2.75) is 26.0 Å². The third-order valence-electron chi connectivity index (χ3n) is 2.88. The number of nitrogens with two attached hydrogens (primary N) is 1. The van der Waals surface area contributed by atoms with Crippen molar-refractivity contribution in [2.75, 3.05) is 0 Å². The van der Waals surface area contributed by atoms with Crippen LogP contribution in [-0.4, -0.2) is 6.10 Å². The Balaban J connectivity index is 2.63. The molecule has 0 radical (unpaired) electrons. The summed E-state index contributed by atoms with van der Waals surface area (Å²) in [5, 5.41) is 11.0. The molecule has 1 unspecified atom stereocenters. The summed E-state index contributed by atoms with van der Waals surface area (Å²) in [6, 6.07) is 13.9. The van der Waals surface area contributed by atoms with Gasteiger partial charge in [0.25, 0.3) is 0 Å². The average molecular weight is 240 g/mol. The van der Waals surface area contributed by atoms with E-state index in [2.05, 4.69) is 6.07 Å². The van der Waals surface area contributed by atoms with E-state index in [1.54, 1.807) is 6.92 Å². The molecule has 0 spiro atoms. The zero-order chi connectivity index (χ0) is 13.1. The van der Waals surface area contributed by atoms with Gasteiger partial charge in [0, 0.05) is 17.0 Å². The standard InChI is InChI=1S/C15H16N2O/c1-10(9-16)18-15-13(11(2)17)8-7-12-5-3-4-6-14(12)15/h3-8,10-11H,17H2,1-2H3/t10?,11-/m0/s1. The van der Waals surface area contributed by atoms with Crippen molar-refractivity contribution in [3.05, 3.63) is 42.0 Å². The van der Waals surface area contributed by atoms with E-state index in [0.717, 1.165) is 22.1 Å². The minimum atomic E-state index is -0.492. The molecule has 0 aromatic heterocycles. The van der Waals surface area contributed by atoms with Crippen LogP contribution < -0.4 is 10.5 Å². The van der Waals surface area contributed by atoms with E-state index in [1.807, 2.05) is 43.3 Å². The van der Waals surface area contributed by atoms with Crippen LogP contribution in [0.2, 0.25) is 0 Å². The van der Waals surface area contributed by atoms with Gasteiger partial charge >= 0.3 is 0 Å². The predicted octanol–water partition coefficient (Wildman–Crippen LogP) is 3.15. The maximum absolute atomic E-state index is 8.89. The van der Waals surface area contributed by atoms with E-state index in [9.17, 15) is 0 Å². The number of rotatable bonds is 3. The highest BCUT2D eigenvalue weighted by Gasteiger charge is 2.14. The molecule has 0 heterocycles. The molecular weight excluding hydrogens is 224 g/mol. The molecule has 2 atom stereocenters. The fraction of sp³-hybridized carbons (Fsp3) is 0.267. The number of fused-ring (bicyclic) bond motifs is 1. The third-order valence-corrected chi connectivity index (χ3v) is 2.88. The van der Waals surface area contributed by atoms with E-state index in [1.165, 1.54) is 0 Å². The molecule has 0 aliphatic heterocycles. The highest BCUT2D eigenvalue weighted by molar-refractivity contribution is 5.89. The summed E-state index contributed by atoms with van der Waals surface area (Å²) in [5.74, 6) is 0.720. The van der Waals surface area contributed by atoms with Crippen LogP contribution in [0.3, 0.4) is 0 Å². The molecular formula is C15H16N2O. The number of ether oxygens (including phenoxy) is 1. The van der Waals surface area contributed by atoms with Crippen molar-refractivity contribution in [1.82, 2.24) is 0 Å². The minimum absolute atomic E-state index is 0.129. The number of nitriles is 1. The van der Waals surface area contributed by atoms with Gasteiger partial charge in [0.05, 0.1) is 0 Å². The molecule has 0 aliphatic rings. The van der Waals surface area contributed by atoms with E-state index >= 15 is 0 Å². The molecule has 0 saturated carbocycles. The zero-order valence-corrected chi connectivity index (χ0v) is 10.6. The molecule has 92 valence electrons. The Morgan fingerprint density at radius 1 is 1.17 bits per heavy atom. The number of nitrogens with zero attached hydrogens (tertiary/aromatic N) is 1. The molecule has 3 heteroatoms. The van der Waals surface area contributed by atoms with E-state index in [4.69, 9.17) is 15.7 Å². The normalized spacial score (nSPS) is 13.9. The van der Waals surface area contributed by atoms with Crippen molar-refractivity contribution in [3.63, 3.8) is 0 Å². The molecule has 0 bridgehead atoms. The van der Waals surface area contributed by atoms with Crippen molar-refractivity contribution in [1.29, 1.82) is 5.26 Å². The lowest BCUT2D eigenvalue weighted by atomic mass is 10.0. The molecule has 18 heavy (non-hydrogen) atoms. The first-order valence-electron chi connectivity index (χ1n) is 5.97. The molecule has 2 N–H and O–H groups in total. The summed E-state index contributed by atoms with van der Waals surface area (Å²) in [7, 11) is 0. The maximum atomic E-state index is 8.89. The van der Waals surface area contributed by atoms with Crippen molar-refractivity contribution in [2.24, 2.45) is 5.73 Å². The molecule has 2 aromatic carbocycles. The summed E-state index contributed by atoms with van der Waals surface area (Å²) in [4.78, 5) is 0. The van der Waals surface area contributed by atoms with Crippen LogP contribution >= 0.6 is 0 Å². The van der Waals surface area contributed by atoms with Gasteiger partial charge < -0.3 is 10.5 Å². The fourth-order valence-electron chi connectivity index (χ4n) is 1.95. The molecule has 0 fully saturated rings. The SMILES string of the molecule is CC(C#N)Oc1c([C@H](C)N)ccc2ccccc12. The number of hydrogen-bond acceptors (Lipinski definition) is 3. The van der Waals surface area contributed by atoms with Crippen LogP contribution in [-0.2, 0) is 0 Å². The lowest BCUT2D eigenvalue weighted by Crippen LogP contribution is -2.13. The lowest BCUT2D eigenvalue weighted by Gasteiger charge is -2.17. The Kier molecular flexibility index (Phi) is 3.50. The van der Waals surface area contributed by atoms with Crippen molar-refractivity contribution >= 4 is 10.8 Å². The van der Waals surface area contributed by atoms with Crippen molar-refractivity contribution in [3.8, 4) is 11.8 Å². The van der Waals surface area contributed by atoms with Gasteiger partial charge in [-0.3, -0.25) is 0 Å². The summed E-state index contributed by atoms with van der Waals surface area (Å²) in [6.45, 7) is 3.64. The summed E-state index contributed by atoms with van der Waals surface area (Å²) in [5.41, 5.74) is 6.89. The van der Waals surface area contributed by atoms with Gasteiger partial charge in [-0.2, -0.15) is 5.26 Å². The zero-order valence-electron chi connectivity index (χ0n) is 10.6. The van der Waals surface area contributed by atoms with E-state index in [-0.39, 0.29) is 6.04 Å². The van der Waals surface area contributed by atoms with Crippen LogP contribution in [0.15, 0.2) is 36.4 Å². The van der Waals surface area contributed by atoms with Crippen LogP contribution in [0.4, 0.5) is 0 Å². The molecule has 2 rings (SSSR count). The Labute approximate surface area is 107 Å². The van der Waals surface area contributed by atoms with E-state index < -0.39 is 6.10 Å². The summed E-state index contributed by atoms with van der Waals surface area (Å²) in [6.07, 6.45) is -0.492. The van der Waals surface area contributed by atoms with Crippen LogP contribution in [0.25, 0.3) is 10.8 Å². The first-order chi connectivity index (χ1) is 8.63. The molecule has 3 nitrogen and oxygen atoms in total. The highest BCUT2D eigenvalue weighted by atomic mass is 16.5. The quantitative estimate of drug-likeness (QED) is 0.896. The Hall–Kier alpha value is -2.05. The summed E-state index contributed by atoms with van der Waals surface area (Å²) >= 11 is 0. The van der Waals surface area contributed by atoms with Gasteiger partial charge in [0.15, 0.2) is 6.10 Å². The summed E-state index contributed by atoms with van der Waals surface area (Å²) < 4.78 is 5.73. The smallest absolute Gasteiger partial charge is 0.181 e. The predicted molar refractivity (Wildman–Crippen MR) is 72.3 cm³/mol. The first-order valence-corrected chi connectivity index (χ1v) is 5.97. The Morgan fingerprint density at radius 2 is 1.89 bits per heavy atom. The monoisotopic (exact) mass is 240 g/mol. The van der Waals surface area contributed by atoms with Gasteiger partial charge in [-0.05, 0) is 19.2 Å². The molecule has 0 amide bonds.